The second-order valence-electron chi connectivity index (χ2n) is 8.08. The molecule has 4 aromatic rings. The molecule has 0 unspecified atom stereocenters. The summed E-state index contributed by atoms with van der Waals surface area (Å²) in [6.07, 6.45) is 0. The highest BCUT2D eigenvalue weighted by Crippen LogP contribution is 2.30. The van der Waals surface area contributed by atoms with Crippen molar-refractivity contribution in [3.05, 3.63) is 100 Å². The summed E-state index contributed by atoms with van der Waals surface area (Å²) in [5.41, 5.74) is 5.15. The maximum Gasteiger partial charge on any atom is 0.279 e. The number of amides is 2. The van der Waals surface area contributed by atoms with Crippen molar-refractivity contribution in [1.29, 1.82) is 0 Å². The van der Waals surface area contributed by atoms with E-state index in [9.17, 15) is 9.59 Å². The molecule has 35 heavy (non-hydrogen) atoms. The third-order valence-electron chi connectivity index (χ3n) is 5.65. The molecule has 1 aliphatic rings. The van der Waals surface area contributed by atoms with Gasteiger partial charge < -0.3 is 5.32 Å². The van der Waals surface area contributed by atoms with Crippen LogP contribution >= 0.6 is 11.3 Å². The Bertz CT molecular complexity index is 1520. The minimum atomic E-state index is -0.328. The van der Waals surface area contributed by atoms with E-state index in [1.54, 1.807) is 11.7 Å². The highest BCUT2D eigenvalue weighted by Gasteiger charge is 2.35. The number of aromatic nitrogens is 1. The smallest absolute Gasteiger partial charge is 0.279 e. The molecule has 2 heterocycles. The van der Waals surface area contributed by atoms with Crippen LogP contribution in [0, 0.1) is 6.92 Å². The van der Waals surface area contributed by atoms with Crippen LogP contribution < -0.4 is 15.0 Å². The van der Waals surface area contributed by atoms with E-state index in [4.69, 9.17) is 5.10 Å². The lowest BCUT2D eigenvalue weighted by Crippen LogP contribution is -2.37. The Morgan fingerprint density at radius 1 is 1.00 bits per heavy atom. The number of para-hydroxylation sites is 1. The summed E-state index contributed by atoms with van der Waals surface area (Å²) in [6, 6.07) is 24.8. The fourth-order valence-corrected chi connectivity index (χ4v) is 4.83. The lowest BCUT2D eigenvalue weighted by atomic mass is 10.1. The highest BCUT2D eigenvalue weighted by atomic mass is 32.1. The first kappa shape index (κ1) is 22.5. The zero-order valence-corrected chi connectivity index (χ0v) is 20.1. The van der Waals surface area contributed by atoms with Gasteiger partial charge in [0.2, 0.25) is 10.7 Å². The first-order chi connectivity index (χ1) is 17.0. The molecule has 1 aromatic heterocycles. The van der Waals surface area contributed by atoms with E-state index < -0.39 is 0 Å². The lowest BCUT2D eigenvalue weighted by molar-refractivity contribution is -0.118. The Labute approximate surface area is 206 Å². The molecule has 1 aliphatic heterocycles. The van der Waals surface area contributed by atoms with Crippen LogP contribution in [0.15, 0.2) is 94.3 Å². The second kappa shape index (κ2) is 9.52. The van der Waals surface area contributed by atoms with Gasteiger partial charge in [-0.05, 0) is 30.7 Å². The number of anilines is 2. The molecule has 0 saturated heterocycles. The molecule has 0 radical (unpaired) electrons. The van der Waals surface area contributed by atoms with Crippen LogP contribution in [0.1, 0.15) is 11.1 Å². The Morgan fingerprint density at radius 3 is 2.54 bits per heavy atom. The van der Waals surface area contributed by atoms with Gasteiger partial charge in [0.25, 0.3) is 5.91 Å². The molecule has 0 spiro atoms. The number of fused-ring (bicyclic) bond motifs is 1. The zero-order valence-electron chi connectivity index (χ0n) is 19.3. The van der Waals surface area contributed by atoms with Crippen molar-refractivity contribution in [3.63, 3.8) is 0 Å². The molecule has 1 N–H and O–H groups in total. The van der Waals surface area contributed by atoms with Crippen molar-refractivity contribution < 1.29 is 9.59 Å². The van der Waals surface area contributed by atoms with E-state index in [1.165, 1.54) is 16.2 Å². The summed E-state index contributed by atoms with van der Waals surface area (Å²) in [5, 5.41) is 9.62. The largest absolute Gasteiger partial charge is 0.325 e. The average molecular weight is 482 g/mol. The number of rotatable bonds is 5. The third-order valence-corrected chi connectivity index (χ3v) is 6.55. The van der Waals surface area contributed by atoms with E-state index in [0.29, 0.717) is 21.7 Å². The second-order valence-corrected chi connectivity index (χ2v) is 8.92. The predicted octanol–water partition coefficient (Wildman–Crippen LogP) is 4.29. The van der Waals surface area contributed by atoms with E-state index in [2.05, 4.69) is 10.3 Å². The highest BCUT2D eigenvalue weighted by molar-refractivity contribution is 7.07. The van der Waals surface area contributed by atoms with Crippen molar-refractivity contribution in [1.82, 2.24) is 4.68 Å². The first-order valence-electron chi connectivity index (χ1n) is 11.1. The molecule has 0 saturated carbocycles. The van der Waals surface area contributed by atoms with Crippen molar-refractivity contribution in [2.24, 2.45) is 10.1 Å². The van der Waals surface area contributed by atoms with Crippen LogP contribution in [0.5, 0.6) is 0 Å². The number of benzene rings is 3. The summed E-state index contributed by atoms with van der Waals surface area (Å²) in [7, 11) is 1.70. The molecule has 0 bridgehead atoms. The van der Waals surface area contributed by atoms with E-state index >= 15 is 0 Å². The van der Waals surface area contributed by atoms with Crippen molar-refractivity contribution in [3.8, 4) is 11.3 Å². The molecular weight excluding hydrogens is 458 g/mol. The van der Waals surface area contributed by atoms with Crippen molar-refractivity contribution >= 4 is 40.2 Å². The van der Waals surface area contributed by atoms with Gasteiger partial charge in [0, 0.05) is 29.2 Å². The van der Waals surface area contributed by atoms with E-state index in [0.717, 1.165) is 16.8 Å². The number of hydrogen-bond donors (Lipinski definition) is 1. The number of thiazole rings is 1. The van der Waals surface area contributed by atoms with Gasteiger partial charge in [0.1, 0.15) is 6.54 Å². The molecule has 174 valence electrons. The summed E-state index contributed by atoms with van der Waals surface area (Å²) in [6.45, 7) is 1.84. The number of carbonyl (C=O) groups is 2. The predicted molar refractivity (Wildman–Crippen MR) is 140 cm³/mol. The number of nitrogens with zero attached hydrogens (tertiary/aromatic N) is 4. The average Bonchev–Trinajstić information content (AvgIpc) is 3.39. The van der Waals surface area contributed by atoms with Crippen LogP contribution in [0.3, 0.4) is 0 Å². The van der Waals surface area contributed by atoms with Crippen LogP contribution in [0.2, 0.25) is 0 Å². The van der Waals surface area contributed by atoms with E-state index in [1.807, 2.05) is 91.2 Å². The molecular formula is C27H23N5O2S. The Balaban J connectivity index is 1.51. The van der Waals surface area contributed by atoms with E-state index in [-0.39, 0.29) is 24.1 Å². The Kier molecular flexibility index (Phi) is 6.12. The van der Waals surface area contributed by atoms with Gasteiger partial charge in [-0.25, -0.2) is 4.68 Å². The summed E-state index contributed by atoms with van der Waals surface area (Å²) in [4.78, 5) is 32.9. The normalized spacial score (nSPS) is 14.5. The van der Waals surface area contributed by atoms with Gasteiger partial charge in [-0.1, -0.05) is 60.7 Å². The summed E-state index contributed by atoms with van der Waals surface area (Å²) < 4.78 is 1.69. The summed E-state index contributed by atoms with van der Waals surface area (Å²) >= 11 is 1.45. The Hall–Kier alpha value is -4.30. The molecule has 3 aromatic carbocycles. The molecule has 5 rings (SSSR count). The van der Waals surface area contributed by atoms with Gasteiger partial charge in [0.15, 0.2) is 5.71 Å². The topological polar surface area (TPSA) is 79.1 Å². The SMILES string of the molecule is CN=c1scc(-c2ccccc2)n1/N=C1\C(=O)N(CC(=O)Nc2cccc(C)c2)c2ccccc21. The van der Waals surface area contributed by atoms with Gasteiger partial charge in [0.05, 0.1) is 11.4 Å². The standard InChI is InChI=1S/C27H23N5O2S/c1-18-9-8-12-20(15-18)29-24(33)16-31-22-14-7-6-13-21(22)25(26(31)34)30-32-23(17-35-27(32)28-2)19-10-4-3-5-11-19/h3-15,17H,16H2,1-2H3,(H,29,33)/b28-27?,30-25-. The quantitative estimate of drug-likeness (QED) is 0.461. The van der Waals surface area contributed by atoms with Gasteiger partial charge in [-0.15, -0.1) is 11.3 Å². The summed E-state index contributed by atoms with van der Waals surface area (Å²) in [5.74, 6) is -0.609. The van der Waals surface area contributed by atoms with Crippen molar-refractivity contribution in [2.75, 3.05) is 23.8 Å². The molecule has 0 fully saturated rings. The van der Waals surface area contributed by atoms with Gasteiger partial charge >= 0.3 is 0 Å². The Morgan fingerprint density at radius 2 is 1.77 bits per heavy atom. The fourth-order valence-electron chi connectivity index (χ4n) is 4.04. The minimum absolute atomic E-state index is 0.117. The van der Waals surface area contributed by atoms with Crippen LogP contribution in [0.25, 0.3) is 11.3 Å². The van der Waals surface area contributed by atoms with Crippen LogP contribution in [0.4, 0.5) is 11.4 Å². The van der Waals surface area contributed by atoms with Gasteiger partial charge in [-0.3, -0.25) is 19.5 Å². The first-order valence-corrected chi connectivity index (χ1v) is 12.0. The fraction of sp³-hybridized carbons (Fsp3) is 0.111. The molecule has 0 aliphatic carbocycles. The third kappa shape index (κ3) is 4.43. The number of carbonyl (C=O) groups excluding carboxylic acids is 2. The maximum atomic E-state index is 13.6. The monoisotopic (exact) mass is 481 g/mol. The lowest BCUT2D eigenvalue weighted by Gasteiger charge is -2.16. The molecule has 0 atom stereocenters. The zero-order chi connectivity index (χ0) is 24.4. The number of nitrogens with one attached hydrogen (secondary N) is 1. The molecule has 2 amide bonds. The maximum absolute atomic E-state index is 13.6. The molecule has 8 heteroatoms. The van der Waals surface area contributed by atoms with Crippen LogP contribution in [-0.4, -0.2) is 35.8 Å². The van der Waals surface area contributed by atoms with Crippen molar-refractivity contribution in [2.45, 2.75) is 6.92 Å². The molecule has 7 nitrogen and oxygen atoms in total. The number of hydrogen-bond acceptors (Lipinski definition) is 5. The number of aryl methyl sites for hydroxylation is 1. The van der Waals surface area contributed by atoms with Gasteiger partial charge in [-0.2, -0.15) is 5.10 Å². The minimum Gasteiger partial charge on any atom is -0.325 e. The van der Waals surface area contributed by atoms with Crippen LogP contribution in [-0.2, 0) is 9.59 Å².